The van der Waals surface area contributed by atoms with Crippen molar-refractivity contribution in [1.82, 2.24) is 0 Å². The van der Waals surface area contributed by atoms with E-state index in [0.29, 0.717) is 57.8 Å². The minimum absolute atomic E-state index is 0.0610. The van der Waals surface area contributed by atoms with Crippen LogP contribution in [-0.2, 0) is 38.3 Å². The van der Waals surface area contributed by atoms with Crippen LogP contribution in [0, 0.1) is 53.3 Å². The van der Waals surface area contributed by atoms with Gasteiger partial charge in [-0.3, -0.25) is 33.6 Å². The molecule has 0 aliphatic rings. The lowest BCUT2D eigenvalue weighted by molar-refractivity contribution is -0.157. The first-order chi connectivity index (χ1) is 29.9. The number of carbonyl (C=O) groups excluding carboxylic acids is 2. The maximum atomic E-state index is 12.9. The van der Waals surface area contributed by atoms with Crippen LogP contribution in [0.2, 0.25) is 0 Å². The van der Waals surface area contributed by atoms with E-state index in [9.17, 15) is 54.0 Å². The summed E-state index contributed by atoms with van der Waals surface area (Å²) in [6.07, 6.45) is 13.8. The summed E-state index contributed by atoms with van der Waals surface area (Å²) in [5.41, 5.74) is 2.21. The van der Waals surface area contributed by atoms with E-state index in [1.165, 1.54) is 0 Å². The molecule has 0 fully saturated rings. The number of allylic oxidation sites excluding steroid dienone is 5. The van der Waals surface area contributed by atoms with Gasteiger partial charge in [-0.1, -0.05) is 90.3 Å². The van der Waals surface area contributed by atoms with E-state index in [1.54, 1.807) is 6.92 Å². The third kappa shape index (κ3) is 27.8. The lowest BCUT2D eigenvalue weighted by Crippen LogP contribution is -2.28. The Balaban J connectivity index is 5.38. The molecule has 0 radical (unpaired) electrons. The van der Waals surface area contributed by atoms with Crippen molar-refractivity contribution in [2.45, 2.75) is 184 Å². The fourth-order valence-electron chi connectivity index (χ4n) is 8.31. The number of rotatable bonds is 37. The highest BCUT2D eigenvalue weighted by molar-refractivity contribution is 5.83. The molecule has 11 atom stereocenters. The van der Waals surface area contributed by atoms with Crippen LogP contribution in [0.15, 0.2) is 35.5 Å². The number of unbranched alkanes of at least 4 members (excludes halogenated alkanes) is 2. The number of carboxylic acid groups (broad SMARTS) is 5. The molecule has 14 heteroatoms. The highest BCUT2D eigenvalue weighted by Crippen LogP contribution is 2.27. The highest BCUT2D eigenvalue weighted by Gasteiger charge is 2.28. The van der Waals surface area contributed by atoms with Gasteiger partial charge in [0.1, 0.15) is 11.9 Å². The van der Waals surface area contributed by atoms with E-state index in [-0.39, 0.29) is 41.3 Å². The summed E-state index contributed by atoms with van der Waals surface area (Å²) >= 11 is 0. The molecule has 366 valence electrons. The van der Waals surface area contributed by atoms with Crippen molar-refractivity contribution in [3.63, 3.8) is 0 Å². The molecule has 14 nitrogen and oxygen atoms in total. The fraction of sp³-hybridized carbons (Fsp3) is 0.740. The molecule has 0 saturated carbocycles. The average molecular weight is 907 g/mol. The number of ketones is 1. The van der Waals surface area contributed by atoms with E-state index >= 15 is 0 Å². The zero-order chi connectivity index (χ0) is 49.1. The van der Waals surface area contributed by atoms with Crippen LogP contribution in [0.1, 0.15) is 171 Å². The van der Waals surface area contributed by atoms with E-state index in [4.69, 9.17) is 14.9 Å². The largest absolute Gasteiger partial charge is 0.481 e. The van der Waals surface area contributed by atoms with Crippen LogP contribution in [0.5, 0.6) is 0 Å². The van der Waals surface area contributed by atoms with Crippen LogP contribution in [0.25, 0.3) is 0 Å². The predicted molar refractivity (Wildman–Crippen MR) is 245 cm³/mol. The molecule has 0 saturated heterocycles. The second-order valence-electron chi connectivity index (χ2n) is 18.8. The van der Waals surface area contributed by atoms with Crippen molar-refractivity contribution < 1.29 is 68.9 Å². The number of esters is 1. The van der Waals surface area contributed by atoms with Crippen LogP contribution in [-0.4, -0.2) is 84.4 Å². The lowest BCUT2D eigenvalue weighted by atomic mass is 9.86. The molecule has 0 aromatic heterocycles. The Labute approximate surface area is 382 Å². The minimum Gasteiger partial charge on any atom is -0.481 e. The lowest BCUT2D eigenvalue weighted by Gasteiger charge is -2.26. The zero-order valence-electron chi connectivity index (χ0n) is 40.1. The van der Waals surface area contributed by atoms with Gasteiger partial charge in [0.15, 0.2) is 0 Å². The van der Waals surface area contributed by atoms with Crippen molar-refractivity contribution in [3.05, 3.63) is 35.5 Å². The molecule has 0 aliphatic heterocycles. The van der Waals surface area contributed by atoms with Crippen molar-refractivity contribution >= 4 is 41.6 Å². The first-order valence-electron chi connectivity index (χ1n) is 23.4. The summed E-state index contributed by atoms with van der Waals surface area (Å²) in [6.45, 7) is 17.6. The van der Waals surface area contributed by atoms with E-state index < -0.39 is 85.0 Å². The molecular weight excluding hydrogens is 825 g/mol. The van der Waals surface area contributed by atoms with Crippen molar-refractivity contribution in [3.8, 4) is 0 Å². The van der Waals surface area contributed by atoms with E-state index in [0.717, 1.165) is 43.3 Å². The normalized spacial score (nSPS) is 17.5. The molecule has 0 spiro atoms. The number of carbonyl (C=O) groups is 7. The molecule has 0 aromatic carbocycles. The molecule has 0 bridgehead atoms. The number of aliphatic hydroxyl groups excluding tert-OH is 1. The smallest absolute Gasteiger partial charge is 0.307 e. The Morgan fingerprint density at radius 2 is 1.20 bits per heavy atom. The van der Waals surface area contributed by atoms with Gasteiger partial charge in [0.05, 0.1) is 43.1 Å². The molecule has 0 aliphatic carbocycles. The first-order valence-corrected chi connectivity index (χ1v) is 23.4. The molecule has 0 rings (SSSR count). The van der Waals surface area contributed by atoms with Gasteiger partial charge in [0.2, 0.25) is 0 Å². The molecule has 6 N–H and O–H groups in total. The Morgan fingerprint density at radius 1 is 0.594 bits per heavy atom. The monoisotopic (exact) mass is 907 g/mol. The molecule has 64 heavy (non-hydrogen) atoms. The van der Waals surface area contributed by atoms with Gasteiger partial charge in [-0.2, -0.15) is 0 Å². The third-order valence-electron chi connectivity index (χ3n) is 12.3. The van der Waals surface area contributed by atoms with Crippen LogP contribution in [0.4, 0.5) is 0 Å². The molecule has 11 unspecified atom stereocenters. The highest BCUT2D eigenvalue weighted by atomic mass is 16.5. The second kappa shape index (κ2) is 32.3. The Kier molecular flexibility index (Phi) is 30.2. The maximum Gasteiger partial charge on any atom is 0.307 e. The average Bonchev–Trinajstić information content (AvgIpc) is 3.19. The number of carboxylic acids is 5. The number of Topliss-reactive ketones (excluding diaryl/α,β-unsaturated/α-hetero) is 1. The van der Waals surface area contributed by atoms with Gasteiger partial charge < -0.3 is 35.4 Å². The minimum atomic E-state index is -1.41. The van der Waals surface area contributed by atoms with Crippen molar-refractivity contribution in [1.29, 1.82) is 0 Å². The summed E-state index contributed by atoms with van der Waals surface area (Å²) in [5.74, 6) is -9.49. The third-order valence-corrected chi connectivity index (χ3v) is 12.3. The standard InChI is InChI=1S/C50H82O14/c1-10-39(27-38(9)48(58)59)43(51)22-19-32(3)23-34(5)24-35(6)25-37(8)47(57)36(7)20-21-42(64-46(56)30-41(50(62)63)29-45(54)55)16-14-12-11-13-15-31(2)17-18-33(4)26-40(49(60)61)28-44(52)53/h13,15,23,25,31,33-34,36-42,47,57H,10-12,14,16-22,24,26-30H2,1-9H3,(H,52,53)(H,54,55)(H,58,59)(H,60,61)(H,62,63). The predicted octanol–water partition coefficient (Wildman–Crippen LogP) is 10.0. The van der Waals surface area contributed by atoms with E-state index in [1.807, 2.05) is 41.5 Å². The number of hydrogen-bond donors (Lipinski definition) is 6. The Bertz CT molecular complexity index is 1560. The number of hydrogen-bond acceptors (Lipinski definition) is 9. The molecular formula is C50H82O14. The topological polar surface area (TPSA) is 250 Å². The fourth-order valence-corrected chi connectivity index (χ4v) is 8.31. The van der Waals surface area contributed by atoms with Gasteiger partial charge in [0.25, 0.3) is 0 Å². The van der Waals surface area contributed by atoms with Gasteiger partial charge in [-0.15, -0.1) is 0 Å². The van der Waals surface area contributed by atoms with Gasteiger partial charge in [0, 0.05) is 18.3 Å². The maximum absolute atomic E-state index is 12.9. The van der Waals surface area contributed by atoms with Crippen LogP contribution < -0.4 is 0 Å². The summed E-state index contributed by atoms with van der Waals surface area (Å²) in [5, 5.41) is 57.5. The second-order valence-corrected chi connectivity index (χ2v) is 18.8. The molecule has 0 heterocycles. The summed E-state index contributed by atoms with van der Waals surface area (Å²) < 4.78 is 5.76. The van der Waals surface area contributed by atoms with Gasteiger partial charge in [-0.25, -0.2) is 0 Å². The zero-order valence-corrected chi connectivity index (χ0v) is 40.1. The SMILES string of the molecule is CCC(CC(C)C(=O)O)C(=O)CCC(C)=CC(C)CC(C)=CC(C)C(O)C(C)CCC(CCCCC=CC(C)CCC(C)CC(CC(=O)O)C(=O)O)OC(=O)CC(CC(=O)O)C(=O)O. The number of ether oxygens (including phenoxy) is 1. The molecule has 0 amide bonds. The van der Waals surface area contributed by atoms with Crippen LogP contribution in [0.3, 0.4) is 0 Å². The van der Waals surface area contributed by atoms with Crippen molar-refractivity contribution in [2.24, 2.45) is 53.3 Å². The molecule has 0 aromatic rings. The summed E-state index contributed by atoms with van der Waals surface area (Å²) in [4.78, 5) is 82.3. The quantitative estimate of drug-likeness (QED) is 0.0193. The van der Waals surface area contributed by atoms with Gasteiger partial charge >= 0.3 is 35.8 Å². The summed E-state index contributed by atoms with van der Waals surface area (Å²) in [6, 6.07) is 0. The first kappa shape index (κ1) is 59.7. The Hall–Kier alpha value is -4.33. The van der Waals surface area contributed by atoms with Crippen molar-refractivity contribution in [2.75, 3.05) is 0 Å². The van der Waals surface area contributed by atoms with Gasteiger partial charge in [-0.05, 0) is 115 Å². The Morgan fingerprint density at radius 3 is 1.77 bits per heavy atom. The van der Waals surface area contributed by atoms with E-state index in [2.05, 4.69) is 38.2 Å². The number of aliphatic hydroxyl groups is 1. The van der Waals surface area contributed by atoms with Crippen LogP contribution >= 0.6 is 0 Å². The number of aliphatic carboxylic acids is 5. The summed E-state index contributed by atoms with van der Waals surface area (Å²) in [7, 11) is 0.